The van der Waals surface area contributed by atoms with Crippen LogP contribution in [0.2, 0.25) is 0 Å². The van der Waals surface area contributed by atoms with Gasteiger partial charge in [0.15, 0.2) is 28.8 Å². The lowest BCUT2D eigenvalue weighted by atomic mass is 9.90. The number of carbonyl (C=O) groups is 1. The molecule has 2 unspecified atom stereocenters. The standard InChI is InChI=1S/C20H21FN8.C4H2BrNOS/c1-22-13-4-2-5-14(10-13)29-17-11-18(28-9-8-25-27-28)24-12-16(17)26-20(29)19-15(21)6-3-7-23-19;5-3-1-6-4(2-7)8-3/h3,6-9,11-14,22H,2,4-5,10H2,1H3;1-2H. The van der Waals surface area contributed by atoms with Crippen LogP contribution in [0.25, 0.3) is 28.4 Å². The number of hydrogen-bond donors (Lipinski definition) is 1. The first-order chi connectivity index (χ1) is 18.1. The summed E-state index contributed by atoms with van der Waals surface area (Å²) in [6.45, 7) is 0. The van der Waals surface area contributed by atoms with Gasteiger partial charge in [0.1, 0.15) is 11.2 Å². The Hall–Kier alpha value is -3.42. The van der Waals surface area contributed by atoms with Crippen LogP contribution < -0.4 is 5.32 Å². The van der Waals surface area contributed by atoms with E-state index in [1.807, 2.05) is 13.1 Å². The highest BCUT2D eigenvalue weighted by molar-refractivity contribution is 9.11. The third kappa shape index (κ3) is 5.48. The number of hydrogen-bond acceptors (Lipinski definition) is 9. The number of nitrogens with one attached hydrogen (secondary N) is 1. The highest BCUT2D eigenvalue weighted by Gasteiger charge is 2.28. The summed E-state index contributed by atoms with van der Waals surface area (Å²) in [6.07, 6.45) is 13.2. The van der Waals surface area contributed by atoms with Gasteiger partial charge in [-0.15, -0.1) is 16.4 Å². The fourth-order valence-corrected chi connectivity index (χ4v) is 5.57. The molecule has 13 heteroatoms. The van der Waals surface area contributed by atoms with Crippen molar-refractivity contribution in [3.05, 3.63) is 63.8 Å². The van der Waals surface area contributed by atoms with Gasteiger partial charge < -0.3 is 9.88 Å². The molecule has 0 bridgehead atoms. The van der Waals surface area contributed by atoms with Crippen LogP contribution in [0.5, 0.6) is 0 Å². The lowest BCUT2D eigenvalue weighted by Gasteiger charge is -2.31. The second-order valence-electron chi connectivity index (χ2n) is 8.44. The minimum atomic E-state index is -0.380. The molecule has 0 radical (unpaired) electrons. The molecule has 1 fully saturated rings. The summed E-state index contributed by atoms with van der Waals surface area (Å²) in [7, 11) is 1.99. The van der Waals surface area contributed by atoms with Gasteiger partial charge in [0.2, 0.25) is 0 Å². The number of fused-ring (bicyclic) bond motifs is 1. The summed E-state index contributed by atoms with van der Waals surface area (Å²) in [5, 5.41) is 11.8. The molecular weight excluding hydrogens is 561 g/mol. The molecule has 0 aliphatic heterocycles. The largest absolute Gasteiger partial charge is 0.319 e. The molecule has 1 saturated carbocycles. The second-order valence-corrected chi connectivity index (χ2v) is 10.9. The molecule has 37 heavy (non-hydrogen) atoms. The predicted molar refractivity (Wildman–Crippen MR) is 141 cm³/mol. The minimum absolute atomic E-state index is 0.189. The van der Waals surface area contributed by atoms with Gasteiger partial charge in [-0.25, -0.2) is 29.0 Å². The molecule has 190 valence electrons. The van der Waals surface area contributed by atoms with Crippen molar-refractivity contribution in [2.45, 2.75) is 37.8 Å². The first-order valence-electron chi connectivity index (χ1n) is 11.7. The molecule has 5 heterocycles. The summed E-state index contributed by atoms with van der Waals surface area (Å²) >= 11 is 4.50. The number of halogens is 2. The maximum absolute atomic E-state index is 14.6. The van der Waals surface area contributed by atoms with E-state index < -0.39 is 0 Å². The van der Waals surface area contributed by atoms with E-state index >= 15 is 0 Å². The lowest BCUT2D eigenvalue weighted by molar-refractivity contribution is 0.112. The van der Waals surface area contributed by atoms with E-state index in [1.165, 1.54) is 17.4 Å². The molecular formula is C24H23BrFN9OS. The number of thiazole rings is 1. The normalized spacial score (nSPS) is 17.4. The number of nitrogens with zero attached hydrogens (tertiary/aromatic N) is 8. The fourth-order valence-electron chi connectivity index (χ4n) is 4.51. The third-order valence-corrected chi connectivity index (χ3v) is 7.61. The number of rotatable bonds is 5. The Labute approximate surface area is 224 Å². The maximum atomic E-state index is 14.6. The molecule has 2 atom stereocenters. The zero-order valence-electron chi connectivity index (χ0n) is 19.8. The Balaban J connectivity index is 0.000000301. The zero-order chi connectivity index (χ0) is 25.8. The lowest BCUT2D eigenvalue weighted by Crippen LogP contribution is -2.32. The van der Waals surface area contributed by atoms with Crippen molar-refractivity contribution in [1.29, 1.82) is 0 Å². The van der Waals surface area contributed by atoms with Crippen LogP contribution >= 0.6 is 27.3 Å². The van der Waals surface area contributed by atoms with Crippen LogP contribution in [0, 0.1) is 5.82 Å². The van der Waals surface area contributed by atoms with E-state index in [9.17, 15) is 9.18 Å². The zero-order valence-corrected chi connectivity index (χ0v) is 22.2. The van der Waals surface area contributed by atoms with E-state index in [4.69, 9.17) is 4.98 Å². The molecule has 5 aromatic rings. The number of aldehydes is 1. The molecule has 0 amide bonds. The smallest absolute Gasteiger partial charge is 0.178 e. The van der Waals surface area contributed by atoms with Crippen LogP contribution in [0.4, 0.5) is 4.39 Å². The van der Waals surface area contributed by atoms with Gasteiger partial charge in [-0.1, -0.05) is 5.21 Å². The minimum Gasteiger partial charge on any atom is -0.319 e. The molecule has 5 aromatic heterocycles. The Morgan fingerprint density at radius 1 is 1.22 bits per heavy atom. The fraction of sp³-hybridized carbons (Fsp3) is 0.292. The molecule has 0 saturated heterocycles. The van der Waals surface area contributed by atoms with Crippen LogP contribution in [-0.4, -0.2) is 58.9 Å². The van der Waals surface area contributed by atoms with Crippen LogP contribution in [-0.2, 0) is 0 Å². The van der Waals surface area contributed by atoms with E-state index in [1.54, 1.807) is 41.7 Å². The Kier molecular flexibility index (Phi) is 7.72. The van der Waals surface area contributed by atoms with Crippen molar-refractivity contribution in [3.63, 3.8) is 0 Å². The SMILES string of the molecule is CNC1CCCC(n2c(-c3ncccc3F)nc3cnc(-n4ccnn4)cc32)C1.O=Cc1ncc(Br)s1. The summed E-state index contributed by atoms with van der Waals surface area (Å²) in [5.41, 5.74) is 1.87. The topological polar surface area (TPSA) is 116 Å². The van der Waals surface area contributed by atoms with Crippen molar-refractivity contribution < 1.29 is 9.18 Å². The van der Waals surface area contributed by atoms with E-state index in [2.05, 4.69) is 51.1 Å². The highest BCUT2D eigenvalue weighted by atomic mass is 79.9. The Bertz CT molecular complexity index is 1500. The van der Waals surface area contributed by atoms with Gasteiger partial charge >= 0.3 is 0 Å². The average Bonchev–Trinajstić information content (AvgIpc) is 3.69. The van der Waals surface area contributed by atoms with Gasteiger partial charge in [0.05, 0.1) is 34.1 Å². The molecule has 1 aliphatic rings. The summed E-state index contributed by atoms with van der Waals surface area (Å²) in [4.78, 5) is 27.2. The summed E-state index contributed by atoms with van der Waals surface area (Å²) < 4.78 is 19.3. The maximum Gasteiger partial charge on any atom is 0.178 e. The van der Waals surface area contributed by atoms with E-state index in [0.717, 1.165) is 41.3 Å². The first-order valence-corrected chi connectivity index (χ1v) is 13.3. The molecule has 0 spiro atoms. The molecule has 1 aliphatic carbocycles. The predicted octanol–water partition coefficient (Wildman–Crippen LogP) is 4.63. The van der Waals surface area contributed by atoms with Gasteiger partial charge in [-0.3, -0.25) is 4.79 Å². The van der Waals surface area contributed by atoms with Crippen LogP contribution in [0.3, 0.4) is 0 Å². The Morgan fingerprint density at radius 3 is 2.78 bits per heavy atom. The third-order valence-electron chi connectivity index (χ3n) is 6.21. The van der Waals surface area contributed by atoms with E-state index in [0.29, 0.717) is 28.2 Å². The van der Waals surface area contributed by atoms with Gasteiger partial charge in [0, 0.05) is 24.3 Å². The van der Waals surface area contributed by atoms with Crippen molar-refractivity contribution in [2.24, 2.45) is 0 Å². The average molecular weight is 584 g/mol. The second kappa shape index (κ2) is 11.3. The van der Waals surface area contributed by atoms with Gasteiger partial charge in [-0.05, 0) is 60.8 Å². The molecule has 6 rings (SSSR count). The van der Waals surface area contributed by atoms with Gasteiger partial charge in [-0.2, -0.15) is 0 Å². The monoisotopic (exact) mass is 583 g/mol. The number of carbonyl (C=O) groups excluding carboxylic acids is 1. The molecule has 10 nitrogen and oxygen atoms in total. The number of pyridine rings is 2. The molecule has 1 N–H and O–H groups in total. The van der Waals surface area contributed by atoms with Gasteiger partial charge in [0.25, 0.3) is 0 Å². The van der Waals surface area contributed by atoms with Crippen molar-refractivity contribution >= 4 is 44.6 Å². The summed E-state index contributed by atoms with van der Waals surface area (Å²) in [6, 6.07) is 5.55. The van der Waals surface area contributed by atoms with Crippen LogP contribution in [0.1, 0.15) is 41.5 Å². The van der Waals surface area contributed by atoms with Crippen molar-refractivity contribution in [3.8, 4) is 17.3 Å². The van der Waals surface area contributed by atoms with Crippen molar-refractivity contribution in [2.75, 3.05) is 7.05 Å². The first kappa shape index (κ1) is 25.2. The summed E-state index contributed by atoms with van der Waals surface area (Å²) in [5.74, 6) is 0.803. The molecule has 0 aromatic carbocycles. The highest BCUT2D eigenvalue weighted by Crippen LogP contribution is 2.36. The number of imidazole rings is 1. The van der Waals surface area contributed by atoms with Crippen molar-refractivity contribution in [1.82, 2.24) is 44.8 Å². The van der Waals surface area contributed by atoms with E-state index in [-0.39, 0.29) is 17.6 Å². The Morgan fingerprint density at radius 2 is 2.11 bits per heavy atom. The quantitative estimate of drug-likeness (QED) is 0.297. The van der Waals surface area contributed by atoms with Crippen LogP contribution in [0.15, 0.2) is 53.0 Å². The number of aromatic nitrogens is 8.